The van der Waals surface area contributed by atoms with Crippen molar-refractivity contribution in [2.45, 2.75) is 131 Å². The van der Waals surface area contributed by atoms with E-state index < -0.39 is 20.0 Å². The SMILES string of the molecule is Brc1ccc(-c2ccccc2)nc1.C.CC(=O)[O-].CC1(C)OB(B2OC(C)(C)C(C)(C)O2)OC1(C)C.CC1(C)OB(c2ccc(-c3ccccc3)nc2)OC1(C)C.ClCCl.ClCl.[K+]. The van der Waals surface area contributed by atoms with E-state index in [2.05, 4.69) is 99.6 Å². The van der Waals surface area contributed by atoms with Crippen molar-refractivity contribution in [2.75, 3.05) is 5.34 Å². The average Bonchev–Trinajstić information content (AvgIpc) is 3.66. The van der Waals surface area contributed by atoms with Crippen molar-refractivity contribution in [3.8, 4) is 22.5 Å². The van der Waals surface area contributed by atoms with Gasteiger partial charge in [-0.2, -0.15) is 0 Å². The molecule has 0 unspecified atom stereocenters. The summed E-state index contributed by atoms with van der Waals surface area (Å²) < 4.78 is 36.9. The Balaban J connectivity index is 0.000000837. The van der Waals surface area contributed by atoms with Crippen LogP contribution in [0.4, 0.5) is 0 Å². The van der Waals surface area contributed by atoms with Crippen LogP contribution in [-0.4, -0.2) is 76.0 Å². The molecule has 3 aliphatic heterocycles. The number of halogens is 5. The van der Waals surface area contributed by atoms with Gasteiger partial charge < -0.3 is 37.8 Å². The number of nitrogens with zero attached hydrogens (tertiary/aromatic N) is 2. The van der Waals surface area contributed by atoms with Gasteiger partial charge in [0.05, 0.1) is 50.3 Å². The first-order valence-electron chi connectivity index (χ1n) is 19.5. The van der Waals surface area contributed by atoms with E-state index in [1.54, 1.807) is 0 Å². The first-order chi connectivity index (χ1) is 28.3. The third kappa shape index (κ3) is 18.5. The molecule has 340 valence electrons. The van der Waals surface area contributed by atoms with Crippen LogP contribution in [0.2, 0.25) is 0 Å². The standard InChI is InChI=1S/C17H20BNO2.C12H24B2O4.C11H8BrN.C2H4O2.CH2Cl2.CH4.Cl2.K/c1-16(2)17(3,4)21-18(20-16)14-10-11-15(19-12-14)13-8-6-5-7-9-13;1-9(2)10(3,4)16-13(15-9)14-17-11(5,6)12(7,8)18-14;12-10-6-7-11(13-8-10)9-4-2-1-3-5-9;1-2(3)4;2-1-3;;1-2;/h5-12H,1-4H3;1-8H3;1-8H;1H3,(H,3,4);1H2;1H4;;/q;;;;;;;+1/p-1. The molecule has 3 fully saturated rings. The Morgan fingerprint density at radius 1 is 0.571 bits per heavy atom. The number of hydrogen-bond acceptors (Lipinski definition) is 10. The van der Waals surface area contributed by atoms with Crippen molar-refractivity contribution in [1.29, 1.82) is 0 Å². The van der Waals surface area contributed by atoms with Crippen molar-refractivity contribution < 1.29 is 89.2 Å². The minimum absolute atomic E-state index is 0. The van der Waals surface area contributed by atoms with Gasteiger partial charge in [0.15, 0.2) is 0 Å². The van der Waals surface area contributed by atoms with Gasteiger partial charge in [0.2, 0.25) is 0 Å². The average molecular weight is 1040 g/mol. The summed E-state index contributed by atoms with van der Waals surface area (Å²) in [5.41, 5.74) is 3.08. The number of carboxylic acids is 1. The smallest absolute Gasteiger partial charge is 0.550 e. The van der Waals surface area contributed by atoms with Crippen LogP contribution in [0.15, 0.2) is 102 Å². The van der Waals surface area contributed by atoms with Gasteiger partial charge in [0.1, 0.15) is 0 Å². The van der Waals surface area contributed by atoms with Crippen molar-refractivity contribution in [3.05, 3.63) is 102 Å². The summed E-state index contributed by atoms with van der Waals surface area (Å²) in [6.45, 7) is 25.4. The molecule has 0 bridgehead atoms. The molecule has 2 aromatic heterocycles. The number of rotatable bonds is 4. The molecule has 5 heterocycles. The minimum atomic E-state index is -1.08. The van der Waals surface area contributed by atoms with Gasteiger partial charge in [-0.1, -0.05) is 74.2 Å². The van der Waals surface area contributed by atoms with E-state index in [9.17, 15) is 0 Å². The number of carbonyl (C=O) groups is 1. The van der Waals surface area contributed by atoms with Crippen LogP contribution in [0.3, 0.4) is 0 Å². The Kier molecular flexibility index (Phi) is 27.2. The van der Waals surface area contributed by atoms with Crippen LogP contribution in [0.25, 0.3) is 22.5 Å². The summed E-state index contributed by atoms with van der Waals surface area (Å²) in [4.78, 5) is 17.7. The van der Waals surface area contributed by atoms with E-state index in [1.165, 1.54) is 0 Å². The molecule has 0 aliphatic carbocycles. The van der Waals surface area contributed by atoms with Gasteiger partial charge >= 0.3 is 72.5 Å². The Bertz CT molecular complexity index is 1840. The Morgan fingerprint density at radius 3 is 1.13 bits per heavy atom. The zero-order chi connectivity index (χ0) is 46.5. The maximum atomic E-state index is 8.89. The van der Waals surface area contributed by atoms with Crippen molar-refractivity contribution in [1.82, 2.24) is 9.97 Å². The van der Waals surface area contributed by atoms with Gasteiger partial charge in [-0.05, 0) is 124 Å². The molecule has 0 N–H and O–H groups in total. The molecule has 3 aliphatic rings. The van der Waals surface area contributed by atoms with E-state index in [1.807, 2.05) is 128 Å². The molecule has 0 amide bonds. The molecule has 3 saturated heterocycles. The summed E-state index contributed by atoms with van der Waals surface area (Å²) in [6.07, 6.45) is 3.65. The van der Waals surface area contributed by atoms with E-state index >= 15 is 0 Å². The molecule has 10 nitrogen and oxygen atoms in total. The fraction of sp³-hybridized carbons (Fsp3) is 0.477. The van der Waals surface area contributed by atoms with E-state index in [0.29, 0.717) is 0 Å². The van der Waals surface area contributed by atoms with Gasteiger partial charge in [0.25, 0.3) is 0 Å². The number of alkyl halides is 2. The molecule has 0 saturated carbocycles. The van der Waals surface area contributed by atoms with Crippen molar-refractivity contribution in [3.63, 3.8) is 0 Å². The predicted molar refractivity (Wildman–Crippen MR) is 261 cm³/mol. The van der Waals surface area contributed by atoms with E-state index in [-0.39, 0.29) is 105 Å². The maximum Gasteiger partial charge on any atom is 1.00 e. The second kappa shape index (κ2) is 27.4. The summed E-state index contributed by atoms with van der Waals surface area (Å²) in [7, 11) is 6.92. The second-order valence-electron chi connectivity index (χ2n) is 17.0. The van der Waals surface area contributed by atoms with Crippen LogP contribution in [0.5, 0.6) is 0 Å². The first kappa shape index (κ1) is 62.4. The van der Waals surface area contributed by atoms with Crippen molar-refractivity contribution >= 4 is 93.4 Å². The zero-order valence-electron chi connectivity index (χ0n) is 38.2. The quantitative estimate of drug-likeness (QED) is 0.147. The largest absolute Gasteiger partial charge is 1.00 e. The van der Waals surface area contributed by atoms with Crippen molar-refractivity contribution in [2.24, 2.45) is 0 Å². The number of carboxylic acid groups (broad SMARTS) is 1. The van der Waals surface area contributed by atoms with Crippen LogP contribution in [-0.2, 0) is 32.7 Å². The molecule has 63 heavy (non-hydrogen) atoms. The van der Waals surface area contributed by atoms with Crippen LogP contribution < -0.4 is 62.0 Å². The molecular formula is C44H61B3BrCl4KN2O8. The predicted octanol–water partition coefficient (Wildman–Crippen LogP) is 8.00. The monoisotopic (exact) mass is 1040 g/mol. The van der Waals surface area contributed by atoms with E-state index in [4.69, 9.17) is 61.0 Å². The summed E-state index contributed by atoms with van der Waals surface area (Å²) in [5.74, 6) is -1.08. The molecule has 0 radical (unpaired) electrons. The molecule has 19 heteroatoms. The molecule has 0 spiro atoms. The number of hydrogen-bond donors (Lipinski definition) is 0. The number of pyridine rings is 2. The fourth-order valence-corrected chi connectivity index (χ4v) is 5.69. The topological polar surface area (TPSA) is 121 Å². The Hall–Kier alpha value is -0.559. The third-order valence-corrected chi connectivity index (χ3v) is 11.4. The number of aromatic nitrogens is 2. The normalized spacial score (nSPS) is 18.5. The molecule has 2 aromatic carbocycles. The van der Waals surface area contributed by atoms with Gasteiger partial charge in [-0.3, -0.25) is 9.97 Å². The molecule has 7 rings (SSSR count). The minimum Gasteiger partial charge on any atom is -0.550 e. The van der Waals surface area contributed by atoms with Crippen LogP contribution in [0, 0.1) is 0 Å². The van der Waals surface area contributed by atoms with Crippen LogP contribution >= 0.6 is 60.8 Å². The Morgan fingerprint density at radius 2 is 0.857 bits per heavy atom. The first-order valence-corrected chi connectivity index (χ1v) is 22.5. The molecule has 0 atom stereocenters. The summed E-state index contributed by atoms with van der Waals surface area (Å²) >= 11 is 12.9. The fourth-order valence-electron chi connectivity index (χ4n) is 5.46. The third-order valence-electron chi connectivity index (χ3n) is 10.9. The summed E-state index contributed by atoms with van der Waals surface area (Å²) in [5, 5.41) is 9.08. The van der Waals surface area contributed by atoms with Gasteiger partial charge in [0, 0.05) is 61.1 Å². The Labute approximate surface area is 448 Å². The van der Waals surface area contributed by atoms with E-state index in [0.717, 1.165) is 39.4 Å². The molecule has 4 aromatic rings. The summed E-state index contributed by atoms with van der Waals surface area (Å²) in [6, 6.07) is 28.3. The van der Waals surface area contributed by atoms with Gasteiger partial charge in [-0.15, -0.1) is 23.2 Å². The number of aliphatic carboxylic acids is 1. The second-order valence-corrected chi connectivity index (χ2v) is 18.7. The van der Waals surface area contributed by atoms with Crippen LogP contribution in [0.1, 0.15) is 97.4 Å². The molecular weight excluding hydrogens is 978 g/mol. The zero-order valence-corrected chi connectivity index (χ0v) is 46.0. The number of carbonyl (C=O) groups excluding carboxylic acids is 1. The van der Waals surface area contributed by atoms with Gasteiger partial charge in [-0.25, -0.2) is 0 Å². The number of benzene rings is 2. The maximum absolute atomic E-state index is 8.89.